The Morgan fingerprint density at radius 1 is 1.23 bits per heavy atom. The number of carboxylic acid groups (broad SMARTS) is 1. The molecule has 0 aliphatic carbocycles. The summed E-state index contributed by atoms with van der Waals surface area (Å²) in [5.41, 5.74) is 8.66. The number of nitrogen functional groups attached to an aromatic ring is 1. The minimum Gasteiger partial charge on any atom is -0.478 e. The van der Waals surface area contributed by atoms with Gasteiger partial charge in [0.2, 0.25) is 0 Å². The normalized spacial score (nSPS) is 15.4. The average Bonchev–Trinajstić information content (AvgIpc) is 3.07. The van der Waals surface area contributed by atoms with Crippen LogP contribution in [0.1, 0.15) is 40.4 Å². The van der Waals surface area contributed by atoms with Crippen LogP contribution < -0.4 is 5.73 Å². The number of aromatic nitrogens is 3. The molecule has 0 spiro atoms. The predicted molar refractivity (Wildman–Crippen MR) is 97.2 cm³/mol. The quantitative estimate of drug-likeness (QED) is 0.748. The van der Waals surface area contributed by atoms with Crippen molar-refractivity contribution in [2.45, 2.75) is 25.3 Å². The molecule has 0 saturated carbocycles. The Hall–Kier alpha value is -2.93. The minimum atomic E-state index is -1.06. The molecule has 3 aromatic rings. The van der Waals surface area contributed by atoms with Gasteiger partial charge in [-0.25, -0.2) is 9.78 Å². The molecule has 0 atom stereocenters. The number of carboxylic acids is 1. The summed E-state index contributed by atoms with van der Waals surface area (Å²) in [4.78, 5) is 15.2. The maximum Gasteiger partial charge on any atom is 0.339 e. The van der Waals surface area contributed by atoms with Gasteiger partial charge in [-0.3, -0.25) is 4.68 Å². The molecule has 0 bridgehead atoms. The zero-order valence-corrected chi connectivity index (χ0v) is 14.3. The van der Waals surface area contributed by atoms with Crippen molar-refractivity contribution >= 4 is 22.7 Å². The van der Waals surface area contributed by atoms with Gasteiger partial charge in [-0.2, -0.15) is 5.10 Å². The number of aromatic carboxylic acids is 1. The highest BCUT2D eigenvalue weighted by Crippen LogP contribution is 2.26. The highest BCUT2D eigenvalue weighted by molar-refractivity contribution is 5.92. The second-order valence-electron chi connectivity index (χ2n) is 6.58. The van der Waals surface area contributed by atoms with Crippen molar-refractivity contribution < 1.29 is 14.6 Å². The molecular formula is C19H20N4O3. The zero-order valence-electron chi connectivity index (χ0n) is 14.3. The molecule has 3 N–H and O–H groups in total. The van der Waals surface area contributed by atoms with Gasteiger partial charge < -0.3 is 15.6 Å². The topological polar surface area (TPSA) is 103 Å². The molecule has 0 radical (unpaired) electrons. The molecule has 26 heavy (non-hydrogen) atoms. The first kappa shape index (κ1) is 16.5. The number of hydrogen-bond acceptors (Lipinski definition) is 5. The van der Waals surface area contributed by atoms with Crippen molar-refractivity contribution in [3.63, 3.8) is 0 Å². The van der Waals surface area contributed by atoms with Crippen molar-refractivity contribution in [1.29, 1.82) is 0 Å². The van der Waals surface area contributed by atoms with Crippen LogP contribution in [0.15, 0.2) is 36.7 Å². The van der Waals surface area contributed by atoms with Crippen molar-refractivity contribution in [3.8, 4) is 0 Å². The number of benzene rings is 1. The number of pyridine rings is 1. The highest BCUT2D eigenvalue weighted by atomic mass is 16.5. The molecule has 0 unspecified atom stereocenters. The van der Waals surface area contributed by atoms with Crippen LogP contribution in [0.3, 0.4) is 0 Å². The third-order valence-corrected chi connectivity index (χ3v) is 4.81. The molecule has 1 aromatic carbocycles. The van der Waals surface area contributed by atoms with E-state index in [4.69, 9.17) is 10.5 Å². The molecule has 7 heteroatoms. The van der Waals surface area contributed by atoms with E-state index >= 15 is 0 Å². The Bertz CT molecular complexity index is 961. The van der Waals surface area contributed by atoms with Gasteiger partial charge in [-0.05, 0) is 48.6 Å². The second-order valence-corrected chi connectivity index (χ2v) is 6.58. The van der Waals surface area contributed by atoms with Crippen molar-refractivity contribution in [1.82, 2.24) is 14.8 Å². The van der Waals surface area contributed by atoms with Crippen molar-refractivity contribution in [3.05, 3.63) is 53.3 Å². The van der Waals surface area contributed by atoms with Crippen LogP contribution in [-0.2, 0) is 11.2 Å². The fraction of sp³-hybridized carbons (Fsp3) is 0.316. The average molecular weight is 352 g/mol. The molecule has 1 saturated heterocycles. The Morgan fingerprint density at radius 2 is 2.04 bits per heavy atom. The van der Waals surface area contributed by atoms with Crippen LogP contribution in [-0.4, -0.2) is 39.1 Å². The van der Waals surface area contributed by atoms with E-state index in [0.29, 0.717) is 12.5 Å². The lowest BCUT2D eigenvalue weighted by atomic mass is 10.0. The number of fused-ring (bicyclic) bond motifs is 1. The van der Waals surface area contributed by atoms with Crippen molar-refractivity contribution in [2.24, 2.45) is 0 Å². The van der Waals surface area contributed by atoms with Gasteiger partial charge in [0.05, 0.1) is 17.8 Å². The molecular weight excluding hydrogens is 332 g/mol. The minimum absolute atomic E-state index is 0.0365. The van der Waals surface area contributed by atoms with Gasteiger partial charge in [0.25, 0.3) is 0 Å². The lowest BCUT2D eigenvalue weighted by molar-refractivity contribution is 0.0674. The van der Waals surface area contributed by atoms with Crippen LogP contribution in [0, 0.1) is 0 Å². The van der Waals surface area contributed by atoms with E-state index < -0.39 is 5.97 Å². The monoisotopic (exact) mass is 352 g/mol. The summed E-state index contributed by atoms with van der Waals surface area (Å²) in [5.74, 6) is -1.03. The maximum absolute atomic E-state index is 11.2. The third kappa shape index (κ3) is 3.13. The summed E-state index contributed by atoms with van der Waals surface area (Å²) >= 11 is 0. The maximum atomic E-state index is 11.2. The van der Waals surface area contributed by atoms with E-state index in [2.05, 4.69) is 33.0 Å². The van der Waals surface area contributed by atoms with Gasteiger partial charge in [-0.15, -0.1) is 0 Å². The van der Waals surface area contributed by atoms with Crippen LogP contribution in [0.5, 0.6) is 0 Å². The van der Waals surface area contributed by atoms with E-state index in [1.54, 1.807) is 12.3 Å². The molecule has 3 heterocycles. The SMILES string of the molecule is Nc1ncc(Cc2ccc3c(cnn3C3CCOCC3)c2)cc1C(=O)O. The van der Waals surface area contributed by atoms with Crippen molar-refractivity contribution in [2.75, 3.05) is 18.9 Å². The van der Waals surface area contributed by atoms with Crippen LogP contribution in [0.4, 0.5) is 5.82 Å². The first-order valence-electron chi connectivity index (χ1n) is 8.63. The highest BCUT2D eigenvalue weighted by Gasteiger charge is 2.18. The Labute approximate surface area is 150 Å². The molecule has 1 aliphatic heterocycles. The first-order chi connectivity index (χ1) is 12.6. The summed E-state index contributed by atoms with van der Waals surface area (Å²) in [5, 5.41) is 14.8. The number of carbonyl (C=O) groups is 1. The van der Waals surface area contributed by atoms with Crippen LogP contribution in [0.2, 0.25) is 0 Å². The van der Waals surface area contributed by atoms with E-state index in [-0.39, 0.29) is 11.4 Å². The zero-order chi connectivity index (χ0) is 18.1. The summed E-state index contributed by atoms with van der Waals surface area (Å²) in [6, 6.07) is 8.19. The van der Waals surface area contributed by atoms with Gasteiger partial charge in [0.15, 0.2) is 0 Å². The summed E-state index contributed by atoms with van der Waals surface area (Å²) in [7, 11) is 0. The van der Waals surface area contributed by atoms with E-state index in [9.17, 15) is 9.90 Å². The molecule has 7 nitrogen and oxygen atoms in total. The number of nitrogens with two attached hydrogens (primary N) is 1. The number of ether oxygens (including phenoxy) is 1. The standard InChI is InChI=1S/C19H20N4O3/c20-18-16(19(24)25)9-13(10-21-18)7-12-1-2-17-14(8-12)11-22-23(17)15-3-5-26-6-4-15/h1-2,8-11,15H,3-7H2,(H2,20,21)(H,24,25). The first-order valence-corrected chi connectivity index (χ1v) is 8.63. The lowest BCUT2D eigenvalue weighted by Crippen LogP contribution is -2.20. The van der Waals surface area contributed by atoms with E-state index in [1.165, 1.54) is 0 Å². The van der Waals surface area contributed by atoms with Crippen LogP contribution in [0.25, 0.3) is 10.9 Å². The fourth-order valence-electron chi connectivity index (χ4n) is 3.46. The number of nitrogens with zero attached hydrogens (tertiary/aromatic N) is 3. The van der Waals surface area contributed by atoms with Crippen LogP contribution >= 0.6 is 0 Å². The smallest absolute Gasteiger partial charge is 0.339 e. The second kappa shape index (κ2) is 6.76. The molecule has 1 aliphatic rings. The molecule has 2 aromatic heterocycles. The van der Waals surface area contributed by atoms with Gasteiger partial charge in [-0.1, -0.05) is 6.07 Å². The molecule has 1 fully saturated rings. The largest absolute Gasteiger partial charge is 0.478 e. The van der Waals surface area contributed by atoms with E-state index in [0.717, 1.165) is 48.1 Å². The molecule has 4 rings (SSSR count). The van der Waals surface area contributed by atoms with Gasteiger partial charge in [0.1, 0.15) is 11.4 Å². The summed E-state index contributed by atoms with van der Waals surface area (Å²) in [6.45, 7) is 1.56. The summed E-state index contributed by atoms with van der Waals surface area (Å²) < 4.78 is 7.52. The third-order valence-electron chi connectivity index (χ3n) is 4.81. The van der Waals surface area contributed by atoms with E-state index in [1.807, 2.05) is 6.20 Å². The Kier molecular flexibility index (Phi) is 4.30. The lowest BCUT2D eigenvalue weighted by Gasteiger charge is -2.23. The fourth-order valence-corrected chi connectivity index (χ4v) is 3.46. The molecule has 134 valence electrons. The van der Waals surface area contributed by atoms with Gasteiger partial charge in [0, 0.05) is 24.8 Å². The Morgan fingerprint density at radius 3 is 2.81 bits per heavy atom. The number of hydrogen-bond donors (Lipinski definition) is 2. The number of rotatable bonds is 4. The molecule has 0 amide bonds. The predicted octanol–water partition coefficient (Wildman–Crippen LogP) is 2.65. The Balaban J connectivity index is 1.60. The summed E-state index contributed by atoms with van der Waals surface area (Å²) in [6.07, 6.45) is 6.06. The number of anilines is 1. The van der Waals surface area contributed by atoms with Gasteiger partial charge >= 0.3 is 5.97 Å².